The number of likely N-dealkylation sites (N-methyl/N-ethyl adjacent to an activating group) is 1. The van der Waals surface area contributed by atoms with Crippen LogP contribution in [0.15, 0.2) is 12.3 Å². The summed E-state index contributed by atoms with van der Waals surface area (Å²) in [5.74, 6) is 0. The van der Waals surface area contributed by atoms with Crippen molar-refractivity contribution in [3.63, 3.8) is 0 Å². The van der Waals surface area contributed by atoms with Crippen molar-refractivity contribution in [3.05, 3.63) is 18.0 Å². The Morgan fingerprint density at radius 2 is 2.38 bits per heavy atom. The molecule has 0 bridgehead atoms. The van der Waals surface area contributed by atoms with Gasteiger partial charge in [0.1, 0.15) is 0 Å². The second kappa shape index (κ2) is 4.97. The molecular weight excluding hydrogens is 200 g/mol. The molecule has 1 heterocycles. The van der Waals surface area contributed by atoms with Crippen LogP contribution in [0.5, 0.6) is 0 Å². The number of nitrogens with one attached hydrogen (secondary N) is 1. The molecule has 1 aromatic rings. The van der Waals surface area contributed by atoms with Crippen LogP contribution in [0.2, 0.25) is 0 Å². The number of rotatable bonds is 6. The smallest absolute Gasteiger partial charge is 0.0547 e. The molecule has 0 spiro atoms. The Balaban J connectivity index is 1.71. The van der Waals surface area contributed by atoms with Gasteiger partial charge >= 0.3 is 0 Å². The maximum Gasteiger partial charge on any atom is 0.0547 e. The van der Waals surface area contributed by atoms with Crippen molar-refractivity contribution >= 4 is 0 Å². The molecule has 0 amide bonds. The van der Waals surface area contributed by atoms with Crippen LogP contribution >= 0.6 is 0 Å². The van der Waals surface area contributed by atoms with Crippen LogP contribution in [-0.2, 0) is 7.05 Å². The fourth-order valence-electron chi connectivity index (χ4n) is 2.07. The van der Waals surface area contributed by atoms with Gasteiger partial charge in [-0.15, -0.1) is 0 Å². The summed E-state index contributed by atoms with van der Waals surface area (Å²) in [6.07, 6.45) is 4.62. The number of nitrogens with zero attached hydrogens (tertiary/aromatic N) is 3. The first-order valence-corrected chi connectivity index (χ1v) is 6.10. The molecule has 90 valence electrons. The molecule has 1 atom stereocenters. The highest BCUT2D eigenvalue weighted by Gasteiger charge is 2.25. The molecule has 1 N–H and O–H groups in total. The van der Waals surface area contributed by atoms with E-state index in [-0.39, 0.29) is 0 Å². The fraction of sp³-hybridized carbons (Fsp3) is 0.750. The second-order valence-electron chi connectivity index (χ2n) is 4.77. The van der Waals surface area contributed by atoms with Crippen molar-refractivity contribution in [2.45, 2.75) is 31.8 Å². The van der Waals surface area contributed by atoms with Crippen molar-refractivity contribution in [1.82, 2.24) is 20.0 Å². The van der Waals surface area contributed by atoms with Gasteiger partial charge in [-0.25, -0.2) is 0 Å². The summed E-state index contributed by atoms with van der Waals surface area (Å²) in [6.45, 7) is 4.36. The minimum atomic E-state index is 0.375. The van der Waals surface area contributed by atoms with E-state index in [9.17, 15) is 0 Å². The maximum atomic E-state index is 4.19. The standard InChI is InChI=1S/C12H22N4/c1-10(12-6-7-14-16(12)3)13-8-9-15(2)11-4-5-11/h6-7,10-11,13H,4-5,8-9H2,1-3H3. The lowest BCUT2D eigenvalue weighted by Crippen LogP contribution is -2.32. The van der Waals surface area contributed by atoms with Gasteiger partial charge < -0.3 is 10.2 Å². The van der Waals surface area contributed by atoms with E-state index < -0.39 is 0 Å². The molecule has 0 radical (unpaired) electrons. The molecule has 1 unspecified atom stereocenters. The Kier molecular flexibility index (Phi) is 3.61. The van der Waals surface area contributed by atoms with Gasteiger partial charge in [-0.1, -0.05) is 0 Å². The summed E-state index contributed by atoms with van der Waals surface area (Å²) in [5, 5.41) is 7.72. The van der Waals surface area contributed by atoms with E-state index in [2.05, 4.69) is 35.4 Å². The zero-order valence-electron chi connectivity index (χ0n) is 10.5. The van der Waals surface area contributed by atoms with Gasteiger partial charge in [-0.05, 0) is 32.9 Å². The average molecular weight is 222 g/mol. The molecule has 1 aliphatic rings. The van der Waals surface area contributed by atoms with Crippen LogP contribution in [0.3, 0.4) is 0 Å². The third-order valence-electron chi connectivity index (χ3n) is 3.39. The Bertz CT molecular complexity index is 330. The predicted molar refractivity (Wildman–Crippen MR) is 65.3 cm³/mol. The van der Waals surface area contributed by atoms with E-state index in [1.807, 2.05) is 17.9 Å². The number of aryl methyl sites for hydroxylation is 1. The molecular formula is C12H22N4. The van der Waals surface area contributed by atoms with E-state index in [1.165, 1.54) is 18.5 Å². The van der Waals surface area contributed by atoms with Gasteiger partial charge in [0.05, 0.1) is 5.69 Å². The van der Waals surface area contributed by atoms with Crippen molar-refractivity contribution < 1.29 is 0 Å². The lowest BCUT2D eigenvalue weighted by Gasteiger charge is -2.19. The van der Waals surface area contributed by atoms with Crippen LogP contribution in [0.1, 0.15) is 31.5 Å². The van der Waals surface area contributed by atoms with Crippen molar-refractivity contribution in [2.24, 2.45) is 7.05 Å². The van der Waals surface area contributed by atoms with Crippen LogP contribution in [0.4, 0.5) is 0 Å². The highest BCUT2D eigenvalue weighted by Crippen LogP contribution is 2.24. The molecule has 2 rings (SSSR count). The molecule has 4 heteroatoms. The maximum absolute atomic E-state index is 4.19. The van der Waals surface area contributed by atoms with Gasteiger partial charge in [0.15, 0.2) is 0 Å². The zero-order valence-corrected chi connectivity index (χ0v) is 10.5. The Labute approximate surface area is 97.6 Å². The quantitative estimate of drug-likeness (QED) is 0.784. The van der Waals surface area contributed by atoms with Gasteiger partial charge in [-0.2, -0.15) is 5.10 Å². The Hall–Kier alpha value is -0.870. The average Bonchev–Trinajstić information content (AvgIpc) is 3.01. The Morgan fingerprint density at radius 1 is 1.62 bits per heavy atom. The van der Waals surface area contributed by atoms with Crippen molar-refractivity contribution in [3.8, 4) is 0 Å². The summed E-state index contributed by atoms with van der Waals surface area (Å²) in [6, 6.07) is 3.30. The lowest BCUT2D eigenvalue weighted by molar-refractivity contribution is 0.315. The topological polar surface area (TPSA) is 33.1 Å². The molecule has 0 aromatic carbocycles. The minimum Gasteiger partial charge on any atom is -0.308 e. The lowest BCUT2D eigenvalue weighted by atomic mass is 10.2. The van der Waals surface area contributed by atoms with Crippen LogP contribution in [0.25, 0.3) is 0 Å². The predicted octanol–water partition coefficient (Wildman–Crippen LogP) is 1.16. The summed E-state index contributed by atoms with van der Waals surface area (Å²) < 4.78 is 1.93. The van der Waals surface area contributed by atoms with E-state index in [0.717, 1.165) is 19.1 Å². The highest BCUT2D eigenvalue weighted by molar-refractivity contribution is 5.05. The molecule has 4 nitrogen and oxygen atoms in total. The summed E-state index contributed by atoms with van der Waals surface area (Å²) >= 11 is 0. The van der Waals surface area contributed by atoms with Gasteiger partial charge in [0.2, 0.25) is 0 Å². The normalized spacial score (nSPS) is 18.0. The first-order valence-electron chi connectivity index (χ1n) is 6.10. The summed E-state index contributed by atoms with van der Waals surface area (Å²) in [5.41, 5.74) is 1.24. The SMILES string of the molecule is CC(NCCN(C)C1CC1)c1ccnn1C. The van der Waals surface area contributed by atoms with E-state index in [4.69, 9.17) is 0 Å². The number of hydrogen-bond donors (Lipinski definition) is 1. The van der Waals surface area contributed by atoms with Crippen molar-refractivity contribution in [1.29, 1.82) is 0 Å². The summed E-state index contributed by atoms with van der Waals surface area (Å²) in [7, 11) is 4.21. The largest absolute Gasteiger partial charge is 0.308 e. The van der Waals surface area contributed by atoms with Crippen molar-refractivity contribution in [2.75, 3.05) is 20.1 Å². The molecule has 1 saturated carbocycles. The minimum absolute atomic E-state index is 0.375. The summed E-state index contributed by atoms with van der Waals surface area (Å²) in [4.78, 5) is 2.45. The third-order valence-corrected chi connectivity index (χ3v) is 3.39. The molecule has 0 saturated heterocycles. The number of aromatic nitrogens is 2. The molecule has 1 aliphatic carbocycles. The zero-order chi connectivity index (χ0) is 11.5. The van der Waals surface area contributed by atoms with E-state index in [1.54, 1.807) is 0 Å². The van der Waals surface area contributed by atoms with Gasteiger partial charge in [-0.3, -0.25) is 4.68 Å². The van der Waals surface area contributed by atoms with Gasteiger partial charge in [0.25, 0.3) is 0 Å². The second-order valence-corrected chi connectivity index (χ2v) is 4.77. The third kappa shape index (κ3) is 2.83. The van der Waals surface area contributed by atoms with Crippen LogP contribution in [-0.4, -0.2) is 40.9 Å². The van der Waals surface area contributed by atoms with Crippen LogP contribution < -0.4 is 5.32 Å². The molecule has 16 heavy (non-hydrogen) atoms. The molecule has 1 aromatic heterocycles. The number of hydrogen-bond acceptors (Lipinski definition) is 3. The molecule has 1 fully saturated rings. The highest BCUT2D eigenvalue weighted by atomic mass is 15.3. The Morgan fingerprint density at radius 3 is 2.94 bits per heavy atom. The first-order chi connectivity index (χ1) is 7.68. The van der Waals surface area contributed by atoms with Crippen LogP contribution in [0, 0.1) is 0 Å². The molecule has 0 aliphatic heterocycles. The first kappa shape index (κ1) is 11.6. The monoisotopic (exact) mass is 222 g/mol. The van der Waals surface area contributed by atoms with Gasteiger partial charge in [0, 0.05) is 38.4 Å². The van der Waals surface area contributed by atoms with E-state index in [0.29, 0.717) is 6.04 Å². The van der Waals surface area contributed by atoms with E-state index >= 15 is 0 Å². The fourth-order valence-corrected chi connectivity index (χ4v) is 2.07.